The van der Waals surface area contributed by atoms with Gasteiger partial charge in [-0.1, -0.05) is 0 Å². The monoisotopic (exact) mass is 408 g/mol. The fraction of sp³-hybridized carbons (Fsp3) is 0.435. The lowest BCUT2D eigenvalue weighted by atomic mass is 9.87. The van der Waals surface area contributed by atoms with Gasteiger partial charge in [-0.05, 0) is 62.1 Å². The van der Waals surface area contributed by atoms with Gasteiger partial charge < -0.3 is 19.6 Å². The Labute approximate surface area is 175 Å². The van der Waals surface area contributed by atoms with Crippen LogP contribution in [0, 0.1) is 13.8 Å². The fourth-order valence-corrected chi connectivity index (χ4v) is 4.18. The second kappa shape index (κ2) is 7.97. The summed E-state index contributed by atoms with van der Waals surface area (Å²) < 4.78 is 5.48. The lowest BCUT2D eigenvalue weighted by Crippen LogP contribution is -2.44. The summed E-state index contributed by atoms with van der Waals surface area (Å²) in [7, 11) is 1.79. The van der Waals surface area contributed by atoms with Gasteiger partial charge in [0, 0.05) is 31.8 Å². The van der Waals surface area contributed by atoms with E-state index in [0.717, 1.165) is 22.6 Å². The molecule has 4 rings (SSSR count). The number of H-pyrrole nitrogens is 1. The second-order valence-electron chi connectivity index (χ2n) is 8.47. The van der Waals surface area contributed by atoms with Crippen molar-refractivity contribution in [3.63, 3.8) is 0 Å². The maximum absolute atomic E-state index is 12.8. The van der Waals surface area contributed by atoms with Crippen molar-refractivity contribution in [1.29, 1.82) is 0 Å². The highest BCUT2D eigenvalue weighted by molar-refractivity contribution is 5.80. The Morgan fingerprint density at radius 2 is 2.10 bits per heavy atom. The number of rotatable bonds is 7. The van der Waals surface area contributed by atoms with E-state index in [1.165, 1.54) is 11.1 Å². The van der Waals surface area contributed by atoms with Crippen LogP contribution in [0.3, 0.4) is 0 Å². The summed E-state index contributed by atoms with van der Waals surface area (Å²) in [5.41, 5.74) is 3.90. The average Bonchev–Trinajstić information content (AvgIpc) is 3.42. The van der Waals surface area contributed by atoms with Crippen molar-refractivity contribution in [2.45, 2.75) is 58.0 Å². The molecule has 3 heterocycles. The summed E-state index contributed by atoms with van der Waals surface area (Å²) in [5, 5.41) is 3.09. The van der Waals surface area contributed by atoms with E-state index in [1.807, 2.05) is 12.1 Å². The van der Waals surface area contributed by atoms with E-state index in [4.69, 9.17) is 4.42 Å². The molecule has 0 spiro atoms. The van der Waals surface area contributed by atoms with Gasteiger partial charge >= 0.3 is 0 Å². The molecular formula is C23H28N4O3. The molecule has 1 atom stereocenters. The summed E-state index contributed by atoms with van der Waals surface area (Å²) >= 11 is 0. The van der Waals surface area contributed by atoms with Crippen LogP contribution in [0.2, 0.25) is 0 Å². The third kappa shape index (κ3) is 4.25. The minimum Gasteiger partial charge on any atom is -0.469 e. The summed E-state index contributed by atoms with van der Waals surface area (Å²) in [6.07, 6.45) is 4.38. The molecule has 2 amide bonds. The first-order valence-electron chi connectivity index (χ1n) is 10.4. The molecule has 1 aliphatic heterocycles. The molecule has 7 heteroatoms. The normalized spacial score (nSPS) is 18.7. The largest absolute Gasteiger partial charge is 0.469 e. The van der Waals surface area contributed by atoms with Crippen LogP contribution in [0.4, 0.5) is 0 Å². The van der Waals surface area contributed by atoms with Crippen LogP contribution in [0.25, 0.3) is 11.0 Å². The van der Waals surface area contributed by atoms with Gasteiger partial charge in [0.05, 0.1) is 23.8 Å². The minimum atomic E-state index is -0.417. The SMILES string of the molecule is Cc1cc2nc(CN(C)C(=O)CCC3(Cc4ccco4)CCC(=O)N3)[nH]c2cc1C. The number of hydrogen-bond donors (Lipinski definition) is 2. The molecule has 7 nitrogen and oxygen atoms in total. The quantitative estimate of drug-likeness (QED) is 0.627. The molecule has 0 radical (unpaired) electrons. The zero-order chi connectivity index (χ0) is 21.3. The first-order valence-corrected chi connectivity index (χ1v) is 10.4. The van der Waals surface area contributed by atoms with Gasteiger partial charge in [-0.15, -0.1) is 0 Å². The Morgan fingerprint density at radius 1 is 1.30 bits per heavy atom. The summed E-state index contributed by atoms with van der Waals surface area (Å²) in [6, 6.07) is 7.90. The molecule has 0 saturated carbocycles. The van der Waals surface area contributed by atoms with E-state index in [1.54, 1.807) is 18.2 Å². The van der Waals surface area contributed by atoms with E-state index in [-0.39, 0.29) is 11.8 Å². The number of carbonyl (C=O) groups excluding carboxylic acids is 2. The fourth-order valence-electron chi connectivity index (χ4n) is 4.18. The maximum Gasteiger partial charge on any atom is 0.222 e. The lowest BCUT2D eigenvalue weighted by molar-refractivity contribution is -0.131. The number of imidazole rings is 1. The number of aromatic nitrogens is 2. The zero-order valence-corrected chi connectivity index (χ0v) is 17.7. The summed E-state index contributed by atoms with van der Waals surface area (Å²) in [5.74, 6) is 1.66. The van der Waals surface area contributed by atoms with Crippen molar-refractivity contribution >= 4 is 22.8 Å². The summed E-state index contributed by atoms with van der Waals surface area (Å²) in [4.78, 5) is 34.3. The Bertz CT molecular complexity index is 1030. The number of amides is 2. The number of furan rings is 1. The van der Waals surface area contributed by atoms with Crippen LogP contribution >= 0.6 is 0 Å². The molecule has 2 N–H and O–H groups in total. The predicted molar refractivity (Wildman–Crippen MR) is 114 cm³/mol. The number of aryl methyl sites for hydroxylation is 2. The van der Waals surface area contributed by atoms with Crippen molar-refractivity contribution in [3.05, 3.63) is 53.2 Å². The molecule has 2 aromatic heterocycles. The second-order valence-corrected chi connectivity index (χ2v) is 8.47. The Kier molecular flexibility index (Phi) is 5.37. The van der Waals surface area contributed by atoms with E-state index in [9.17, 15) is 9.59 Å². The molecule has 3 aromatic rings. The van der Waals surface area contributed by atoms with Gasteiger partial charge in [0.2, 0.25) is 11.8 Å². The van der Waals surface area contributed by atoms with Crippen LogP contribution in [-0.2, 0) is 22.6 Å². The van der Waals surface area contributed by atoms with E-state index in [0.29, 0.717) is 38.6 Å². The van der Waals surface area contributed by atoms with Gasteiger partial charge in [-0.25, -0.2) is 4.98 Å². The molecule has 30 heavy (non-hydrogen) atoms. The number of benzene rings is 1. The highest BCUT2D eigenvalue weighted by Crippen LogP contribution is 2.30. The Balaban J connectivity index is 1.39. The molecule has 1 aliphatic rings. The predicted octanol–water partition coefficient (Wildman–Crippen LogP) is 3.40. The van der Waals surface area contributed by atoms with Gasteiger partial charge in [-0.3, -0.25) is 9.59 Å². The number of fused-ring (bicyclic) bond motifs is 1. The number of nitrogens with zero attached hydrogens (tertiary/aromatic N) is 2. The lowest BCUT2D eigenvalue weighted by Gasteiger charge is -2.29. The first-order chi connectivity index (χ1) is 14.3. The van der Waals surface area contributed by atoms with Crippen molar-refractivity contribution in [2.75, 3.05) is 7.05 Å². The van der Waals surface area contributed by atoms with E-state index < -0.39 is 5.54 Å². The molecule has 1 saturated heterocycles. The smallest absolute Gasteiger partial charge is 0.222 e. The third-order valence-electron chi connectivity index (χ3n) is 6.10. The van der Waals surface area contributed by atoms with Gasteiger partial charge in [0.1, 0.15) is 11.6 Å². The standard InChI is InChI=1S/C23H28N4O3/c1-15-11-18-19(12-16(15)2)25-20(24-18)14-27(3)22(29)7-9-23(8-6-21(28)26-23)13-17-5-4-10-30-17/h4-5,10-12H,6-9,13-14H2,1-3H3,(H,24,25)(H,26,28). The third-order valence-corrected chi connectivity index (χ3v) is 6.10. The molecule has 0 bridgehead atoms. The van der Waals surface area contributed by atoms with Crippen LogP contribution in [0.5, 0.6) is 0 Å². The first kappa shape index (κ1) is 20.2. The van der Waals surface area contributed by atoms with Gasteiger partial charge in [0.15, 0.2) is 0 Å². The van der Waals surface area contributed by atoms with E-state index in [2.05, 4.69) is 41.3 Å². The summed E-state index contributed by atoms with van der Waals surface area (Å²) in [6.45, 7) is 4.56. The number of aromatic amines is 1. The number of nitrogens with one attached hydrogen (secondary N) is 2. The number of hydrogen-bond acceptors (Lipinski definition) is 4. The topological polar surface area (TPSA) is 91.2 Å². The van der Waals surface area contributed by atoms with Crippen LogP contribution in [0.15, 0.2) is 34.9 Å². The minimum absolute atomic E-state index is 0.0304. The molecule has 1 fully saturated rings. The van der Waals surface area contributed by atoms with Gasteiger partial charge in [0.25, 0.3) is 0 Å². The van der Waals surface area contributed by atoms with Gasteiger partial charge in [-0.2, -0.15) is 0 Å². The maximum atomic E-state index is 12.8. The highest BCUT2D eigenvalue weighted by Gasteiger charge is 2.38. The van der Waals surface area contributed by atoms with Crippen LogP contribution < -0.4 is 5.32 Å². The van der Waals surface area contributed by atoms with Crippen molar-refractivity contribution in [3.8, 4) is 0 Å². The molecule has 1 aromatic carbocycles. The Morgan fingerprint density at radius 3 is 2.80 bits per heavy atom. The molecule has 0 aliphatic carbocycles. The van der Waals surface area contributed by atoms with E-state index >= 15 is 0 Å². The van der Waals surface area contributed by atoms with Crippen molar-refractivity contribution in [2.24, 2.45) is 0 Å². The van der Waals surface area contributed by atoms with Crippen molar-refractivity contribution < 1.29 is 14.0 Å². The molecular weight excluding hydrogens is 380 g/mol. The molecule has 158 valence electrons. The number of carbonyl (C=O) groups is 2. The van der Waals surface area contributed by atoms with Crippen molar-refractivity contribution in [1.82, 2.24) is 20.2 Å². The van der Waals surface area contributed by atoms with Crippen LogP contribution in [-0.4, -0.2) is 39.3 Å². The zero-order valence-electron chi connectivity index (χ0n) is 17.7. The average molecular weight is 409 g/mol. The highest BCUT2D eigenvalue weighted by atomic mass is 16.3. The Hall–Kier alpha value is -3.09. The molecule has 1 unspecified atom stereocenters. The van der Waals surface area contributed by atoms with Crippen LogP contribution in [0.1, 0.15) is 48.4 Å².